The van der Waals surface area contributed by atoms with Gasteiger partial charge in [0.05, 0.1) is 25.4 Å². The van der Waals surface area contributed by atoms with E-state index in [1.54, 1.807) is 6.26 Å². The highest BCUT2D eigenvalue weighted by Gasteiger charge is 2.21. The number of hydrogen-bond acceptors (Lipinski definition) is 4. The number of quaternary nitrogens is 1. The summed E-state index contributed by atoms with van der Waals surface area (Å²) in [5.41, 5.74) is 4.61. The van der Waals surface area contributed by atoms with E-state index in [0.29, 0.717) is 24.5 Å². The average molecular weight is 421 g/mol. The molecule has 7 nitrogen and oxygen atoms in total. The second-order valence-electron chi connectivity index (χ2n) is 8.13. The van der Waals surface area contributed by atoms with Crippen molar-refractivity contribution in [3.05, 3.63) is 70.8 Å². The van der Waals surface area contributed by atoms with Crippen LogP contribution in [0.2, 0.25) is 0 Å². The van der Waals surface area contributed by atoms with Gasteiger partial charge in [-0.3, -0.25) is 4.79 Å². The van der Waals surface area contributed by atoms with Crippen LogP contribution in [0.3, 0.4) is 0 Å². The highest BCUT2D eigenvalue weighted by atomic mass is 16.3. The number of amides is 1. The van der Waals surface area contributed by atoms with E-state index in [1.807, 2.05) is 51.7 Å². The molecule has 0 aliphatic heterocycles. The zero-order valence-electron chi connectivity index (χ0n) is 18.8. The summed E-state index contributed by atoms with van der Waals surface area (Å²) < 4.78 is 7.40. The molecule has 162 valence electrons. The lowest BCUT2D eigenvalue weighted by Crippen LogP contribution is -3.08. The number of aromatic nitrogens is 1. The topological polar surface area (TPSA) is 78.6 Å². The maximum absolute atomic E-state index is 12.8. The third-order valence-corrected chi connectivity index (χ3v) is 5.51. The van der Waals surface area contributed by atoms with Gasteiger partial charge in [0.25, 0.3) is 5.91 Å². The van der Waals surface area contributed by atoms with Crippen LogP contribution in [0.5, 0.6) is 0 Å². The van der Waals surface area contributed by atoms with Crippen molar-refractivity contribution >= 4 is 17.4 Å². The number of hydrogen-bond donors (Lipinski definition) is 2. The van der Waals surface area contributed by atoms with Gasteiger partial charge in [-0.1, -0.05) is 12.1 Å². The SMILES string of the molecule is Cc1c(C#N)c(NC(=O)C[NH+](C)Cc2ccc(N(C)C)cc2)n(Cc2ccco2)c1C. The molecule has 0 bridgehead atoms. The molecular formula is C24H30N5O2+. The third kappa shape index (κ3) is 5.16. The van der Waals surface area contributed by atoms with Crippen LogP contribution in [0.25, 0.3) is 0 Å². The van der Waals surface area contributed by atoms with Gasteiger partial charge >= 0.3 is 0 Å². The van der Waals surface area contributed by atoms with Gasteiger partial charge in [-0.25, -0.2) is 0 Å². The first kappa shape index (κ1) is 22.2. The lowest BCUT2D eigenvalue weighted by molar-refractivity contribution is -0.885. The van der Waals surface area contributed by atoms with Crippen LogP contribution in [-0.2, 0) is 17.9 Å². The van der Waals surface area contributed by atoms with E-state index in [9.17, 15) is 10.1 Å². The van der Waals surface area contributed by atoms with Crippen molar-refractivity contribution in [3.63, 3.8) is 0 Å². The summed E-state index contributed by atoms with van der Waals surface area (Å²) in [6, 6.07) is 14.3. The van der Waals surface area contributed by atoms with E-state index in [-0.39, 0.29) is 5.91 Å². The lowest BCUT2D eigenvalue weighted by atomic mass is 10.2. The van der Waals surface area contributed by atoms with Gasteiger partial charge in [0.2, 0.25) is 0 Å². The number of furan rings is 1. The fourth-order valence-electron chi connectivity index (χ4n) is 3.66. The first-order chi connectivity index (χ1) is 14.8. The molecular weight excluding hydrogens is 390 g/mol. The van der Waals surface area contributed by atoms with E-state index in [1.165, 1.54) is 5.56 Å². The molecule has 31 heavy (non-hydrogen) atoms. The highest BCUT2D eigenvalue weighted by Crippen LogP contribution is 2.27. The summed E-state index contributed by atoms with van der Waals surface area (Å²) in [6.07, 6.45) is 1.62. The molecule has 1 unspecified atom stereocenters. The molecule has 7 heteroatoms. The standard InChI is InChI=1S/C24H29N5O2/c1-17-18(2)29(15-21-7-6-12-31-21)24(22(17)13-25)26-23(30)16-28(5)14-19-8-10-20(11-9-19)27(3)4/h6-12H,14-16H2,1-5H3,(H,26,30)/p+1. The minimum absolute atomic E-state index is 0.128. The van der Waals surface area contributed by atoms with Crippen molar-refractivity contribution in [3.8, 4) is 6.07 Å². The zero-order chi connectivity index (χ0) is 22.5. The van der Waals surface area contributed by atoms with Crippen LogP contribution < -0.4 is 15.1 Å². The summed E-state index contributed by atoms with van der Waals surface area (Å²) >= 11 is 0. The Labute approximate surface area is 183 Å². The first-order valence-electron chi connectivity index (χ1n) is 10.3. The number of carbonyl (C=O) groups excluding carboxylic acids is 1. The molecule has 2 heterocycles. The van der Waals surface area contributed by atoms with Crippen molar-refractivity contribution in [1.82, 2.24) is 4.57 Å². The fraction of sp³-hybridized carbons (Fsp3) is 0.333. The van der Waals surface area contributed by atoms with E-state index >= 15 is 0 Å². The summed E-state index contributed by atoms with van der Waals surface area (Å²) in [5, 5.41) is 12.6. The molecule has 0 saturated heterocycles. The number of benzene rings is 1. The van der Waals surface area contributed by atoms with Gasteiger partial charge in [-0.05, 0) is 43.7 Å². The number of rotatable bonds is 8. The number of nitrogens with zero attached hydrogens (tertiary/aromatic N) is 3. The minimum Gasteiger partial charge on any atom is -0.467 e. The van der Waals surface area contributed by atoms with E-state index in [4.69, 9.17) is 4.42 Å². The zero-order valence-corrected chi connectivity index (χ0v) is 18.8. The molecule has 2 aromatic heterocycles. The van der Waals surface area contributed by atoms with Gasteiger partial charge in [-0.15, -0.1) is 0 Å². The van der Waals surface area contributed by atoms with Crippen LogP contribution in [0.15, 0.2) is 47.1 Å². The average Bonchev–Trinajstić information content (AvgIpc) is 3.31. The van der Waals surface area contributed by atoms with Crippen molar-refractivity contribution < 1.29 is 14.1 Å². The molecule has 0 saturated carbocycles. The molecule has 3 aromatic rings. The number of carbonyl (C=O) groups is 1. The minimum atomic E-state index is -0.128. The second-order valence-corrected chi connectivity index (χ2v) is 8.13. The normalized spacial score (nSPS) is 11.7. The molecule has 1 atom stereocenters. The Kier molecular flexibility index (Phi) is 6.83. The molecule has 0 fully saturated rings. The van der Waals surface area contributed by atoms with Crippen molar-refractivity contribution in [2.24, 2.45) is 0 Å². The first-order valence-corrected chi connectivity index (χ1v) is 10.3. The van der Waals surface area contributed by atoms with E-state index < -0.39 is 0 Å². The Balaban J connectivity index is 1.70. The van der Waals surface area contributed by atoms with Crippen molar-refractivity contribution in [2.75, 3.05) is 37.9 Å². The Morgan fingerprint density at radius 1 is 1.23 bits per heavy atom. The number of nitrogens with one attached hydrogen (secondary N) is 2. The predicted octanol–water partition coefficient (Wildman–Crippen LogP) is 2.34. The van der Waals surface area contributed by atoms with E-state index in [0.717, 1.165) is 34.1 Å². The van der Waals surface area contributed by atoms with Crippen LogP contribution in [0, 0.1) is 25.2 Å². The Bertz CT molecular complexity index is 1070. The Morgan fingerprint density at radius 2 is 1.94 bits per heavy atom. The molecule has 0 spiro atoms. The van der Waals surface area contributed by atoms with Crippen LogP contribution in [-0.4, -0.2) is 38.2 Å². The second kappa shape index (κ2) is 9.54. The third-order valence-electron chi connectivity index (χ3n) is 5.51. The molecule has 0 aliphatic carbocycles. The lowest BCUT2D eigenvalue weighted by Gasteiger charge is -2.17. The van der Waals surface area contributed by atoms with Gasteiger partial charge in [0.1, 0.15) is 24.2 Å². The van der Waals surface area contributed by atoms with Gasteiger partial charge in [0, 0.05) is 31.0 Å². The monoisotopic (exact) mass is 420 g/mol. The maximum Gasteiger partial charge on any atom is 0.280 e. The Morgan fingerprint density at radius 3 is 2.52 bits per heavy atom. The molecule has 2 N–H and O–H groups in total. The molecule has 0 radical (unpaired) electrons. The van der Waals surface area contributed by atoms with Gasteiger partial charge in [-0.2, -0.15) is 5.26 Å². The quantitative estimate of drug-likeness (QED) is 0.586. The smallest absolute Gasteiger partial charge is 0.280 e. The van der Waals surface area contributed by atoms with E-state index in [2.05, 4.69) is 40.6 Å². The fourth-order valence-corrected chi connectivity index (χ4v) is 3.66. The molecule has 0 aliphatic rings. The largest absolute Gasteiger partial charge is 0.467 e. The molecule has 3 rings (SSSR count). The van der Waals surface area contributed by atoms with Crippen LogP contribution in [0.1, 0.15) is 28.1 Å². The van der Waals surface area contributed by atoms with Crippen molar-refractivity contribution in [1.29, 1.82) is 5.26 Å². The van der Waals surface area contributed by atoms with Crippen LogP contribution in [0.4, 0.5) is 11.5 Å². The summed E-state index contributed by atoms with van der Waals surface area (Å²) in [6.45, 7) is 5.33. The summed E-state index contributed by atoms with van der Waals surface area (Å²) in [5.74, 6) is 1.17. The van der Waals surface area contributed by atoms with Gasteiger partial charge in [0.15, 0.2) is 6.54 Å². The van der Waals surface area contributed by atoms with Gasteiger partial charge < -0.3 is 24.1 Å². The molecule has 1 amide bonds. The number of likely N-dealkylation sites (N-methyl/N-ethyl adjacent to an activating group) is 1. The summed E-state index contributed by atoms with van der Waals surface area (Å²) in [4.78, 5) is 15.9. The predicted molar refractivity (Wildman–Crippen MR) is 121 cm³/mol. The summed E-state index contributed by atoms with van der Waals surface area (Å²) in [7, 11) is 6.01. The Hall–Kier alpha value is -3.50. The highest BCUT2D eigenvalue weighted by molar-refractivity contribution is 5.92. The van der Waals surface area contributed by atoms with Crippen molar-refractivity contribution in [2.45, 2.75) is 26.9 Å². The number of nitriles is 1. The maximum atomic E-state index is 12.8. The molecule has 1 aromatic carbocycles. The van der Waals surface area contributed by atoms with Crippen LogP contribution >= 0.6 is 0 Å². The number of anilines is 2.